The molecule has 0 saturated carbocycles. The quantitative estimate of drug-likeness (QED) is 0.728. The normalized spacial score (nSPS) is 23.8. The van der Waals surface area contributed by atoms with Crippen molar-refractivity contribution in [3.05, 3.63) is 36.0 Å². The van der Waals surface area contributed by atoms with Crippen molar-refractivity contribution in [3.8, 4) is 0 Å². The number of hydrogen-bond acceptors (Lipinski definition) is 1. The van der Waals surface area contributed by atoms with Gasteiger partial charge < -0.3 is 4.90 Å². The van der Waals surface area contributed by atoms with E-state index in [2.05, 4.69) is 26.0 Å². The van der Waals surface area contributed by atoms with Gasteiger partial charge >= 0.3 is 0 Å². The summed E-state index contributed by atoms with van der Waals surface area (Å²) in [6.07, 6.45) is 13.1. The molecule has 0 N–H and O–H groups in total. The fourth-order valence-electron chi connectivity index (χ4n) is 1.91. The van der Waals surface area contributed by atoms with Crippen molar-refractivity contribution >= 4 is 5.91 Å². The maximum Gasteiger partial charge on any atom is 0.254 e. The average Bonchev–Trinajstić information content (AvgIpc) is 2.29. The number of likely N-dealkylation sites (N-methyl/N-ethyl adjacent to an activating group) is 1. The van der Waals surface area contributed by atoms with Crippen molar-refractivity contribution < 1.29 is 4.79 Å². The van der Waals surface area contributed by atoms with Gasteiger partial charge in [0.2, 0.25) is 0 Å². The number of carbonyl (C=O) groups excluding carboxylic acids is 1. The highest BCUT2D eigenvalue weighted by molar-refractivity contribution is 5.96. The van der Waals surface area contributed by atoms with E-state index in [-0.39, 0.29) is 5.91 Å². The zero-order valence-corrected chi connectivity index (χ0v) is 11.1. The van der Waals surface area contributed by atoms with E-state index in [4.69, 9.17) is 0 Å². The van der Waals surface area contributed by atoms with Crippen LogP contribution in [0.25, 0.3) is 0 Å². The Labute approximate surface area is 105 Å². The molecule has 1 unspecified atom stereocenters. The summed E-state index contributed by atoms with van der Waals surface area (Å²) >= 11 is 0. The van der Waals surface area contributed by atoms with Crippen molar-refractivity contribution in [2.24, 2.45) is 0 Å². The van der Waals surface area contributed by atoms with E-state index in [1.54, 1.807) is 0 Å². The van der Waals surface area contributed by atoms with Crippen LogP contribution < -0.4 is 0 Å². The fourth-order valence-corrected chi connectivity index (χ4v) is 1.91. The first kappa shape index (κ1) is 13.8. The molecule has 0 bridgehead atoms. The zero-order chi connectivity index (χ0) is 12.7. The predicted octanol–water partition coefficient (Wildman–Crippen LogP) is 3.47. The second kappa shape index (κ2) is 7.10. The molecule has 1 aliphatic rings. The molecule has 0 heterocycles. The molecule has 0 radical (unpaired) electrons. The van der Waals surface area contributed by atoms with Crippen LogP contribution in [0.1, 0.15) is 40.0 Å². The maximum absolute atomic E-state index is 12.4. The van der Waals surface area contributed by atoms with E-state index < -0.39 is 0 Å². The number of hydrogen-bond donors (Lipinski definition) is 0. The molecular weight excluding hydrogens is 210 g/mol. The number of amides is 1. The van der Waals surface area contributed by atoms with Crippen LogP contribution in [0.4, 0.5) is 0 Å². The van der Waals surface area contributed by atoms with Crippen LogP contribution in [0.15, 0.2) is 36.0 Å². The molecule has 0 spiro atoms. The second-order valence-corrected chi connectivity index (χ2v) is 4.38. The van der Waals surface area contributed by atoms with Crippen molar-refractivity contribution in [2.45, 2.75) is 46.1 Å². The van der Waals surface area contributed by atoms with Crippen LogP contribution >= 0.6 is 0 Å². The number of nitrogens with zero attached hydrogens (tertiary/aromatic N) is 1. The van der Waals surface area contributed by atoms with Crippen molar-refractivity contribution in [1.29, 1.82) is 0 Å². The molecule has 0 aromatic rings. The Balaban J connectivity index is 2.85. The summed E-state index contributed by atoms with van der Waals surface area (Å²) in [6.45, 7) is 7.02. The Morgan fingerprint density at radius 2 is 2.06 bits per heavy atom. The minimum Gasteiger partial charge on any atom is -0.336 e. The van der Waals surface area contributed by atoms with Crippen LogP contribution in [0.3, 0.4) is 0 Å². The molecule has 17 heavy (non-hydrogen) atoms. The topological polar surface area (TPSA) is 20.3 Å². The van der Waals surface area contributed by atoms with E-state index in [1.807, 2.05) is 30.1 Å². The van der Waals surface area contributed by atoms with Crippen LogP contribution in [-0.2, 0) is 4.79 Å². The van der Waals surface area contributed by atoms with Gasteiger partial charge in [0, 0.05) is 18.2 Å². The smallest absolute Gasteiger partial charge is 0.254 e. The molecule has 2 nitrogen and oxygen atoms in total. The summed E-state index contributed by atoms with van der Waals surface area (Å²) in [7, 11) is 0. The minimum absolute atomic E-state index is 0.143. The van der Waals surface area contributed by atoms with E-state index in [0.29, 0.717) is 6.04 Å². The molecule has 0 aromatic carbocycles. The van der Waals surface area contributed by atoms with Gasteiger partial charge in [-0.15, -0.1) is 0 Å². The highest BCUT2D eigenvalue weighted by Crippen LogP contribution is 2.12. The maximum atomic E-state index is 12.4. The SMILES string of the molecule is CCC(C)N(CC)C(=O)C1=C/C=C\CC/C=C\1. The summed E-state index contributed by atoms with van der Waals surface area (Å²) in [5, 5.41) is 0. The third kappa shape index (κ3) is 3.88. The largest absolute Gasteiger partial charge is 0.336 e. The van der Waals surface area contributed by atoms with E-state index >= 15 is 0 Å². The van der Waals surface area contributed by atoms with Crippen LogP contribution in [0, 0.1) is 0 Å². The van der Waals surface area contributed by atoms with E-state index in [0.717, 1.165) is 31.4 Å². The standard InChI is InChI=1S/C15H23NO/c1-4-13(3)16(5-2)15(17)14-11-9-7-6-8-10-12-14/h7,9-13H,4-6,8H2,1-3H3/b9-7-,12-10-,14-11+. The van der Waals surface area contributed by atoms with Crippen LogP contribution in [0.2, 0.25) is 0 Å². The second-order valence-electron chi connectivity index (χ2n) is 4.38. The molecule has 0 aromatic heterocycles. The fraction of sp³-hybridized carbons (Fsp3) is 0.533. The molecule has 1 atom stereocenters. The van der Waals surface area contributed by atoms with Crippen molar-refractivity contribution in [1.82, 2.24) is 4.90 Å². The first-order valence-electron chi connectivity index (χ1n) is 6.55. The molecular formula is C15H23NO. The molecule has 1 rings (SSSR count). The van der Waals surface area contributed by atoms with Crippen LogP contribution in [-0.4, -0.2) is 23.4 Å². The van der Waals surface area contributed by atoms with Crippen LogP contribution in [0.5, 0.6) is 0 Å². The lowest BCUT2D eigenvalue weighted by Gasteiger charge is -2.27. The highest BCUT2D eigenvalue weighted by atomic mass is 16.2. The lowest BCUT2D eigenvalue weighted by molar-refractivity contribution is -0.128. The Morgan fingerprint density at radius 3 is 2.71 bits per heavy atom. The number of allylic oxidation sites excluding steroid dienone is 4. The average molecular weight is 233 g/mol. The Morgan fingerprint density at radius 1 is 1.35 bits per heavy atom. The monoisotopic (exact) mass is 233 g/mol. The van der Waals surface area contributed by atoms with Gasteiger partial charge in [-0.25, -0.2) is 0 Å². The highest BCUT2D eigenvalue weighted by Gasteiger charge is 2.18. The molecule has 94 valence electrons. The van der Waals surface area contributed by atoms with Gasteiger partial charge in [-0.2, -0.15) is 0 Å². The van der Waals surface area contributed by atoms with Gasteiger partial charge in [0.25, 0.3) is 5.91 Å². The molecule has 0 saturated heterocycles. The van der Waals surface area contributed by atoms with Crippen molar-refractivity contribution in [3.63, 3.8) is 0 Å². The summed E-state index contributed by atoms with van der Waals surface area (Å²) in [5.41, 5.74) is 0.795. The predicted molar refractivity (Wildman–Crippen MR) is 72.7 cm³/mol. The van der Waals surface area contributed by atoms with Gasteiger partial charge in [0.1, 0.15) is 0 Å². The third-order valence-electron chi connectivity index (χ3n) is 3.18. The minimum atomic E-state index is 0.143. The van der Waals surface area contributed by atoms with Gasteiger partial charge in [0.05, 0.1) is 0 Å². The molecule has 2 heteroatoms. The molecule has 0 fully saturated rings. The molecule has 0 aliphatic heterocycles. The number of rotatable bonds is 4. The molecule has 1 aliphatic carbocycles. The lowest BCUT2D eigenvalue weighted by Crippen LogP contribution is -2.38. The Bertz CT molecular complexity index is 339. The van der Waals surface area contributed by atoms with Crippen molar-refractivity contribution in [2.75, 3.05) is 6.54 Å². The Kier molecular flexibility index (Phi) is 5.75. The summed E-state index contributed by atoms with van der Waals surface area (Å²) < 4.78 is 0. The van der Waals surface area contributed by atoms with Gasteiger partial charge in [0.15, 0.2) is 0 Å². The Hall–Kier alpha value is -1.31. The van der Waals surface area contributed by atoms with Gasteiger partial charge in [-0.05, 0) is 39.2 Å². The van der Waals surface area contributed by atoms with E-state index in [9.17, 15) is 4.79 Å². The van der Waals surface area contributed by atoms with Gasteiger partial charge in [-0.3, -0.25) is 4.79 Å². The first-order chi connectivity index (χ1) is 8.20. The number of carbonyl (C=O) groups is 1. The summed E-state index contributed by atoms with van der Waals surface area (Å²) in [6, 6.07) is 0.302. The van der Waals surface area contributed by atoms with E-state index in [1.165, 1.54) is 0 Å². The summed E-state index contributed by atoms with van der Waals surface area (Å²) in [5.74, 6) is 0.143. The summed E-state index contributed by atoms with van der Waals surface area (Å²) in [4.78, 5) is 14.3. The lowest BCUT2D eigenvalue weighted by atomic mass is 10.1. The zero-order valence-electron chi connectivity index (χ0n) is 11.1. The molecule has 1 amide bonds. The van der Waals surface area contributed by atoms with Gasteiger partial charge in [-0.1, -0.05) is 31.2 Å². The first-order valence-corrected chi connectivity index (χ1v) is 6.55. The third-order valence-corrected chi connectivity index (χ3v) is 3.18.